The molecule has 0 aliphatic rings. The first kappa shape index (κ1) is 9.07. The number of hydrogen-bond acceptors (Lipinski definition) is 2. The maximum Gasteiger partial charge on any atom is 0.0591 e. The Labute approximate surface area is 77.1 Å². The molecule has 0 bridgehead atoms. The molecular weight excluding hydrogens is 172 g/mol. The Kier molecular flexibility index (Phi) is 2.71. The van der Waals surface area contributed by atoms with Crippen molar-refractivity contribution >= 4 is 22.3 Å². The third-order valence-electron chi connectivity index (χ3n) is 1.66. The number of nitrogens with two attached hydrogens (primary N) is 1. The molecule has 1 aromatic heterocycles. The lowest BCUT2D eigenvalue weighted by atomic mass is 10.1. The van der Waals surface area contributed by atoms with Crippen LogP contribution in [0.2, 0.25) is 0 Å². The van der Waals surface area contributed by atoms with Gasteiger partial charge in [-0.2, -0.15) is 0 Å². The van der Waals surface area contributed by atoms with Crippen molar-refractivity contribution < 1.29 is 0 Å². The van der Waals surface area contributed by atoms with E-state index in [1.807, 2.05) is 19.9 Å². The molecule has 3 heteroatoms. The Bertz CT molecular complexity index is 298. The highest BCUT2D eigenvalue weighted by Crippen LogP contribution is 2.26. The van der Waals surface area contributed by atoms with Crippen LogP contribution in [0.25, 0.3) is 5.03 Å². The third-order valence-corrected chi connectivity index (χ3v) is 2.06. The molecule has 1 rings (SSSR count). The van der Waals surface area contributed by atoms with Crippen LogP contribution < -0.4 is 5.73 Å². The van der Waals surface area contributed by atoms with Gasteiger partial charge in [-0.05, 0) is 19.4 Å². The molecule has 0 fully saturated rings. The van der Waals surface area contributed by atoms with Crippen LogP contribution in [0.4, 0.5) is 5.69 Å². The van der Waals surface area contributed by atoms with Crippen molar-refractivity contribution in [1.82, 2.24) is 4.98 Å². The summed E-state index contributed by atoms with van der Waals surface area (Å²) < 4.78 is 0. The quantitative estimate of drug-likeness (QED) is 0.725. The van der Waals surface area contributed by atoms with Gasteiger partial charge in [0.2, 0.25) is 0 Å². The van der Waals surface area contributed by atoms with Gasteiger partial charge in [0.05, 0.1) is 11.9 Å². The van der Waals surface area contributed by atoms with Gasteiger partial charge >= 0.3 is 0 Å². The van der Waals surface area contributed by atoms with Crippen molar-refractivity contribution in [3.05, 3.63) is 29.6 Å². The molecule has 1 aromatic rings. The Morgan fingerprint density at radius 3 is 2.75 bits per heavy atom. The lowest BCUT2D eigenvalue weighted by molar-refractivity contribution is 1.26. The molecule has 0 saturated heterocycles. The van der Waals surface area contributed by atoms with E-state index < -0.39 is 0 Å². The number of aryl methyl sites for hydroxylation is 1. The number of nitrogens with zero attached hydrogens (tertiary/aromatic N) is 1. The van der Waals surface area contributed by atoms with Gasteiger partial charge in [0.15, 0.2) is 0 Å². The molecular formula is C9H11ClN2. The highest BCUT2D eigenvalue weighted by atomic mass is 35.5. The lowest BCUT2D eigenvalue weighted by Gasteiger charge is -2.06. The molecule has 0 amide bonds. The molecule has 0 atom stereocenters. The van der Waals surface area contributed by atoms with Gasteiger partial charge in [-0.1, -0.05) is 17.7 Å². The van der Waals surface area contributed by atoms with E-state index in [9.17, 15) is 0 Å². The van der Waals surface area contributed by atoms with Crippen LogP contribution >= 0.6 is 11.6 Å². The number of rotatable bonds is 1. The van der Waals surface area contributed by atoms with Gasteiger partial charge in [0.25, 0.3) is 0 Å². The molecule has 0 aliphatic carbocycles. The fourth-order valence-electron chi connectivity index (χ4n) is 1.06. The minimum Gasteiger partial charge on any atom is -0.397 e. The monoisotopic (exact) mass is 182 g/mol. The van der Waals surface area contributed by atoms with Crippen LogP contribution in [0.1, 0.15) is 18.1 Å². The predicted octanol–water partition coefficient (Wildman–Crippen LogP) is 2.57. The average Bonchev–Trinajstić information content (AvgIpc) is 2.03. The van der Waals surface area contributed by atoms with Gasteiger partial charge in [0, 0.05) is 16.8 Å². The molecule has 0 aliphatic heterocycles. The SMILES string of the molecule is C/C=C(\Cl)c1c(C)cncc1N. The highest BCUT2D eigenvalue weighted by Gasteiger charge is 2.05. The second kappa shape index (κ2) is 3.59. The third kappa shape index (κ3) is 1.59. The molecule has 64 valence electrons. The summed E-state index contributed by atoms with van der Waals surface area (Å²) in [7, 11) is 0. The van der Waals surface area contributed by atoms with E-state index in [1.165, 1.54) is 0 Å². The number of nitrogen functional groups attached to an aromatic ring is 1. The summed E-state index contributed by atoms with van der Waals surface area (Å²) in [4.78, 5) is 3.95. The largest absolute Gasteiger partial charge is 0.397 e. The van der Waals surface area contributed by atoms with Crippen LogP contribution in [0, 0.1) is 6.92 Å². The average molecular weight is 183 g/mol. The molecule has 0 spiro atoms. The van der Waals surface area contributed by atoms with E-state index in [0.717, 1.165) is 11.1 Å². The number of hydrogen-bond donors (Lipinski definition) is 1. The standard InChI is InChI=1S/C9H11ClN2/c1-3-7(10)9-6(2)4-12-5-8(9)11/h3-5H,11H2,1-2H3/b7-3-. The van der Waals surface area contributed by atoms with Gasteiger partial charge in [-0.25, -0.2) is 0 Å². The summed E-state index contributed by atoms with van der Waals surface area (Å²) >= 11 is 5.95. The van der Waals surface area contributed by atoms with E-state index in [1.54, 1.807) is 12.4 Å². The van der Waals surface area contributed by atoms with Gasteiger partial charge in [-0.15, -0.1) is 0 Å². The number of aromatic nitrogens is 1. The van der Waals surface area contributed by atoms with E-state index in [4.69, 9.17) is 17.3 Å². The topological polar surface area (TPSA) is 38.9 Å². The predicted molar refractivity (Wildman–Crippen MR) is 52.9 cm³/mol. The van der Waals surface area contributed by atoms with E-state index >= 15 is 0 Å². The smallest absolute Gasteiger partial charge is 0.0591 e. The second-order valence-corrected chi connectivity index (χ2v) is 2.96. The first-order valence-electron chi connectivity index (χ1n) is 3.69. The summed E-state index contributed by atoms with van der Waals surface area (Å²) in [6.07, 6.45) is 5.17. The zero-order chi connectivity index (χ0) is 9.14. The van der Waals surface area contributed by atoms with Crippen molar-refractivity contribution in [3.63, 3.8) is 0 Å². The van der Waals surface area contributed by atoms with E-state index in [2.05, 4.69) is 4.98 Å². The first-order chi connectivity index (χ1) is 5.66. The van der Waals surface area contributed by atoms with E-state index in [-0.39, 0.29) is 0 Å². The molecule has 1 heterocycles. The van der Waals surface area contributed by atoms with Crippen LogP contribution in [-0.2, 0) is 0 Å². The van der Waals surface area contributed by atoms with Crippen molar-refractivity contribution in [3.8, 4) is 0 Å². The maximum absolute atomic E-state index is 5.95. The Morgan fingerprint density at radius 2 is 2.25 bits per heavy atom. The zero-order valence-electron chi connectivity index (χ0n) is 7.13. The summed E-state index contributed by atoms with van der Waals surface area (Å²) in [6, 6.07) is 0. The molecule has 12 heavy (non-hydrogen) atoms. The van der Waals surface area contributed by atoms with Gasteiger partial charge < -0.3 is 5.73 Å². The Balaban J connectivity index is 3.31. The van der Waals surface area contributed by atoms with E-state index in [0.29, 0.717) is 10.7 Å². The number of allylic oxidation sites excluding steroid dienone is 1. The van der Waals surface area contributed by atoms with Gasteiger partial charge in [0.1, 0.15) is 0 Å². The molecule has 0 aromatic carbocycles. The number of anilines is 1. The summed E-state index contributed by atoms with van der Waals surface area (Å²) in [5.41, 5.74) is 8.22. The zero-order valence-corrected chi connectivity index (χ0v) is 7.89. The maximum atomic E-state index is 5.95. The molecule has 0 radical (unpaired) electrons. The van der Waals surface area contributed by atoms with Crippen LogP contribution in [-0.4, -0.2) is 4.98 Å². The minimum absolute atomic E-state index is 0.623. The molecule has 0 saturated carbocycles. The minimum atomic E-state index is 0.623. The Hall–Kier alpha value is -1.02. The van der Waals surface area contributed by atoms with Crippen LogP contribution in [0.15, 0.2) is 18.5 Å². The summed E-state index contributed by atoms with van der Waals surface area (Å²) in [6.45, 7) is 3.81. The van der Waals surface area contributed by atoms with Crippen molar-refractivity contribution in [2.75, 3.05) is 5.73 Å². The fourth-order valence-corrected chi connectivity index (χ4v) is 1.31. The lowest BCUT2D eigenvalue weighted by Crippen LogP contribution is -1.95. The first-order valence-corrected chi connectivity index (χ1v) is 4.07. The fraction of sp³-hybridized carbons (Fsp3) is 0.222. The highest BCUT2D eigenvalue weighted by molar-refractivity contribution is 6.49. The van der Waals surface area contributed by atoms with Crippen LogP contribution in [0.3, 0.4) is 0 Å². The molecule has 2 nitrogen and oxygen atoms in total. The number of halogens is 1. The van der Waals surface area contributed by atoms with Crippen molar-refractivity contribution in [1.29, 1.82) is 0 Å². The normalized spacial score (nSPS) is 11.8. The molecule has 0 unspecified atom stereocenters. The summed E-state index contributed by atoms with van der Waals surface area (Å²) in [5.74, 6) is 0. The van der Waals surface area contributed by atoms with Crippen LogP contribution in [0.5, 0.6) is 0 Å². The Morgan fingerprint density at radius 1 is 1.58 bits per heavy atom. The summed E-state index contributed by atoms with van der Waals surface area (Å²) in [5, 5.41) is 0.674. The second-order valence-electron chi connectivity index (χ2n) is 2.56. The molecule has 2 N–H and O–H groups in total. The van der Waals surface area contributed by atoms with Crippen molar-refractivity contribution in [2.24, 2.45) is 0 Å². The van der Waals surface area contributed by atoms with Crippen molar-refractivity contribution in [2.45, 2.75) is 13.8 Å². The number of pyridine rings is 1. The van der Waals surface area contributed by atoms with Gasteiger partial charge in [-0.3, -0.25) is 4.98 Å².